The van der Waals surface area contributed by atoms with Crippen molar-refractivity contribution in [3.63, 3.8) is 0 Å². The van der Waals surface area contributed by atoms with Gasteiger partial charge in [-0.1, -0.05) is 0 Å². The van der Waals surface area contributed by atoms with Crippen molar-refractivity contribution in [2.75, 3.05) is 12.3 Å². The van der Waals surface area contributed by atoms with Crippen LogP contribution in [0.25, 0.3) is 0 Å². The van der Waals surface area contributed by atoms with Crippen molar-refractivity contribution in [1.82, 2.24) is 0 Å². The van der Waals surface area contributed by atoms with E-state index in [4.69, 9.17) is 11.5 Å². The molecule has 12 heavy (non-hydrogen) atoms. The van der Waals surface area contributed by atoms with Crippen LogP contribution < -0.4 is 11.5 Å². The molecule has 0 unspecified atom stereocenters. The Hall–Kier alpha value is -1.16. The van der Waals surface area contributed by atoms with Gasteiger partial charge in [0.15, 0.2) is 11.6 Å². The maximum Gasteiger partial charge on any atom is 0.181 e. The maximum atomic E-state index is 12.7. The van der Waals surface area contributed by atoms with Gasteiger partial charge in [-0.25, -0.2) is 8.78 Å². The van der Waals surface area contributed by atoms with Crippen molar-refractivity contribution in [3.8, 4) is 0 Å². The lowest BCUT2D eigenvalue weighted by Crippen LogP contribution is -2.05. The molecule has 0 saturated carbocycles. The van der Waals surface area contributed by atoms with Crippen LogP contribution in [0, 0.1) is 11.6 Å². The van der Waals surface area contributed by atoms with E-state index in [-0.39, 0.29) is 5.69 Å². The van der Waals surface area contributed by atoms with Crippen molar-refractivity contribution in [1.29, 1.82) is 0 Å². The summed E-state index contributed by atoms with van der Waals surface area (Å²) in [6.45, 7) is 0.393. The molecule has 0 amide bonds. The highest BCUT2D eigenvalue weighted by molar-refractivity contribution is 5.43. The second-order valence-corrected chi connectivity index (χ2v) is 2.52. The summed E-state index contributed by atoms with van der Waals surface area (Å²) in [6, 6.07) is 2.50. The van der Waals surface area contributed by atoms with Crippen LogP contribution in [0.3, 0.4) is 0 Å². The van der Waals surface area contributed by atoms with Crippen LogP contribution in [0.4, 0.5) is 14.5 Å². The zero-order valence-corrected chi connectivity index (χ0v) is 6.48. The first-order chi connectivity index (χ1) is 5.65. The Bertz CT molecular complexity index is 263. The second kappa shape index (κ2) is 3.49. The molecular formula is C8H10F2N2. The molecule has 1 aromatic rings. The van der Waals surface area contributed by atoms with Gasteiger partial charge in [-0.05, 0) is 30.7 Å². The molecule has 0 aromatic heterocycles. The molecule has 4 heteroatoms. The first kappa shape index (κ1) is 8.93. The molecule has 0 spiro atoms. The summed E-state index contributed by atoms with van der Waals surface area (Å²) >= 11 is 0. The Morgan fingerprint density at radius 2 is 1.92 bits per heavy atom. The summed E-state index contributed by atoms with van der Waals surface area (Å²) in [4.78, 5) is 0. The van der Waals surface area contributed by atoms with E-state index in [2.05, 4.69) is 0 Å². The zero-order chi connectivity index (χ0) is 9.14. The van der Waals surface area contributed by atoms with E-state index in [1.165, 1.54) is 6.07 Å². The van der Waals surface area contributed by atoms with Gasteiger partial charge in [0.2, 0.25) is 0 Å². The van der Waals surface area contributed by atoms with Gasteiger partial charge in [-0.3, -0.25) is 0 Å². The fourth-order valence-corrected chi connectivity index (χ4v) is 0.980. The van der Waals surface area contributed by atoms with Gasteiger partial charge < -0.3 is 11.5 Å². The number of nitrogen functional groups attached to an aromatic ring is 1. The maximum absolute atomic E-state index is 12.7. The summed E-state index contributed by atoms with van der Waals surface area (Å²) < 4.78 is 25.3. The molecule has 0 saturated heterocycles. The number of rotatable bonds is 2. The first-order valence-corrected chi connectivity index (χ1v) is 3.58. The molecule has 1 rings (SSSR count). The molecule has 1 aromatic carbocycles. The van der Waals surface area contributed by atoms with Gasteiger partial charge in [0.25, 0.3) is 0 Å². The number of halogens is 2. The number of nitrogens with two attached hydrogens (primary N) is 2. The van der Waals surface area contributed by atoms with E-state index >= 15 is 0 Å². The van der Waals surface area contributed by atoms with Crippen molar-refractivity contribution in [3.05, 3.63) is 29.3 Å². The van der Waals surface area contributed by atoms with E-state index in [0.717, 1.165) is 6.07 Å². The normalized spacial score (nSPS) is 10.2. The standard InChI is InChI=1S/C8H10F2N2/c9-6-3-5(1-2-11)4-7(12)8(6)10/h3-4H,1-2,11-12H2. The summed E-state index contributed by atoms with van der Waals surface area (Å²) in [5, 5.41) is 0. The monoisotopic (exact) mass is 172 g/mol. The molecule has 66 valence electrons. The van der Waals surface area contributed by atoms with Crippen molar-refractivity contribution >= 4 is 5.69 Å². The topological polar surface area (TPSA) is 52.0 Å². The van der Waals surface area contributed by atoms with E-state index in [1.54, 1.807) is 0 Å². The van der Waals surface area contributed by atoms with Crippen LogP contribution in [0.5, 0.6) is 0 Å². The van der Waals surface area contributed by atoms with Gasteiger partial charge in [0.05, 0.1) is 5.69 Å². The minimum atomic E-state index is -0.990. The number of anilines is 1. The third kappa shape index (κ3) is 1.71. The lowest BCUT2D eigenvalue weighted by atomic mass is 10.1. The molecule has 0 atom stereocenters. The minimum absolute atomic E-state index is 0.168. The SMILES string of the molecule is NCCc1cc(N)c(F)c(F)c1. The predicted octanol–water partition coefficient (Wildman–Crippen LogP) is 1.05. The molecule has 0 heterocycles. The molecule has 0 aliphatic carbocycles. The Balaban J connectivity index is 3.04. The van der Waals surface area contributed by atoms with Gasteiger partial charge in [-0.2, -0.15) is 0 Å². The fraction of sp³-hybridized carbons (Fsp3) is 0.250. The second-order valence-electron chi connectivity index (χ2n) is 2.52. The quantitative estimate of drug-likeness (QED) is 0.655. The molecule has 0 aliphatic heterocycles. The average molecular weight is 172 g/mol. The summed E-state index contributed by atoms with van der Waals surface area (Å²) in [5.74, 6) is -1.91. The van der Waals surface area contributed by atoms with Crippen LogP contribution in [-0.4, -0.2) is 6.54 Å². The van der Waals surface area contributed by atoms with Gasteiger partial charge >= 0.3 is 0 Å². The molecular weight excluding hydrogens is 162 g/mol. The summed E-state index contributed by atoms with van der Waals surface area (Å²) in [6.07, 6.45) is 0.501. The van der Waals surface area contributed by atoms with E-state index in [1.807, 2.05) is 0 Å². The highest BCUT2D eigenvalue weighted by Crippen LogP contribution is 2.16. The Labute approximate surface area is 69.2 Å². The van der Waals surface area contributed by atoms with Crippen LogP contribution in [-0.2, 0) is 6.42 Å². The molecule has 0 bridgehead atoms. The van der Waals surface area contributed by atoms with E-state index in [0.29, 0.717) is 18.5 Å². The number of hydrogen-bond acceptors (Lipinski definition) is 2. The van der Waals surface area contributed by atoms with Gasteiger partial charge in [0.1, 0.15) is 0 Å². The zero-order valence-electron chi connectivity index (χ0n) is 6.48. The average Bonchev–Trinajstić information content (AvgIpc) is 2.01. The summed E-state index contributed by atoms with van der Waals surface area (Å²) in [5.41, 5.74) is 10.9. The highest BCUT2D eigenvalue weighted by atomic mass is 19.2. The van der Waals surface area contributed by atoms with E-state index < -0.39 is 11.6 Å². The Morgan fingerprint density at radius 3 is 2.42 bits per heavy atom. The first-order valence-electron chi connectivity index (χ1n) is 3.58. The van der Waals surface area contributed by atoms with Crippen molar-refractivity contribution < 1.29 is 8.78 Å². The lowest BCUT2D eigenvalue weighted by molar-refractivity contribution is 0.510. The molecule has 0 radical (unpaired) electrons. The van der Waals surface area contributed by atoms with Crippen molar-refractivity contribution in [2.24, 2.45) is 5.73 Å². The minimum Gasteiger partial charge on any atom is -0.396 e. The fourth-order valence-electron chi connectivity index (χ4n) is 0.980. The highest BCUT2D eigenvalue weighted by Gasteiger charge is 2.06. The summed E-state index contributed by atoms with van der Waals surface area (Å²) in [7, 11) is 0. The van der Waals surface area contributed by atoms with Gasteiger partial charge in [-0.15, -0.1) is 0 Å². The van der Waals surface area contributed by atoms with Crippen molar-refractivity contribution in [2.45, 2.75) is 6.42 Å². The third-order valence-electron chi connectivity index (χ3n) is 1.55. The van der Waals surface area contributed by atoms with Crippen LogP contribution in [0.15, 0.2) is 12.1 Å². The molecule has 2 nitrogen and oxygen atoms in total. The van der Waals surface area contributed by atoms with Gasteiger partial charge in [0, 0.05) is 0 Å². The number of hydrogen-bond donors (Lipinski definition) is 2. The van der Waals surface area contributed by atoms with Crippen LogP contribution in [0.1, 0.15) is 5.56 Å². The lowest BCUT2D eigenvalue weighted by Gasteiger charge is -2.02. The predicted molar refractivity (Wildman–Crippen MR) is 43.5 cm³/mol. The number of benzene rings is 1. The molecule has 4 N–H and O–H groups in total. The molecule has 0 aliphatic rings. The molecule has 0 fully saturated rings. The third-order valence-corrected chi connectivity index (χ3v) is 1.55. The smallest absolute Gasteiger partial charge is 0.181 e. The van der Waals surface area contributed by atoms with Crippen LogP contribution >= 0.6 is 0 Å². The Morgan fingerprint density at radius 1 is 1.25 bits per heavy atom. The Kier molecular flexibility index (Phi) is 2.60. The largest absolute Gasteiger partial charge is 0.396 e. The van der Waals surface area contributed by atoms with E-state index in [9.17, 15) is 8.78 Å². The van der Waals surface area contributed by atoms with Crippen LogP contribution in [0.2, 0.25) is 0 Å².